The zero-order valence-corrected chi connectivity index (χ0v) is 15.3. The lowest BCUT2D eigenvalue weighted by atomic mass is 9.81. The van der Waals surface area contributed by atoms with Crippen LogP contribution in [0.2, 0.25) is 0 Å². The zero-order valence-electron chi connectivity index (χ0n) is 15.3. The molecule has 1 spiro atoms. The first-order chi connectivity index (χ1) is 12.5. The number of likely N-dealkylation sites (tertiary alicyclic amines) is 1. The summed E-state index contributed by atoms with van der Waals surface area (Å²) < 4.78 is 6.37. The number of β-amino-alcohol motifs (C(OH)–C–C–N with tert-alkyl or cyclic N) is 1. The highest BCUT2D eigenvalue weighted by molar-refractivity contribution is 5.41. The molecule has 0 saturated carbocycles. The average Bonchev–Trinajstić information content (AvgIpc) is 2.65. The standard InChI is InChI=1S/C22H27NO3/c1-16-7-8-21-18(13-16)19(24)14-22(26-21)9-11-23(12-10-22)15-20(25)17-5-3-2-4-6-17/h2-8,13,19-20,24-25H,9-12,14-15H2,1H3. The van der Waals surface area contributed by atoms with Crippen molar-refractivity contribution in [2.24, 2.45) is 0 Å². The van der Waals surface area contributed by atoms with Gasteiger partial charge in [-0.3, -0.25) is 0 Å². The van der Waals surface area contributed by atoms with Crippen LogP contribution in [0.4, 0.5) is 0 Å². The molecule has 1 saturated heterocycles. The van der Waals surface area contributed by atoms with Crippen molar-refractivity contribution in [2.75, 3.05) is 19.6 Å². The quantitative estimate of drug-likeness (QED) is 0.888. The summed E-state index contributed by atoms with van der Waals surface area (Å²) in [4.78, 5) is 2.29. The van der Waals surface area contributed by atoms with Crippen LogP contribution in [-0.4, -0.2) is 40.3 Å². The van der Waals surface area contributed by atoms with Crippen molar-refractivity contribution < 1.29 is 14.9 Å². The van der Waals surface area contributed by atoms with Gasteiger partial charge >= 0.3 is 0 Å². The van der Waals surface area contributed by atoms with Crippen LogP contribution >= 0.6 is 0 Å². The molecule has 138 valence electrons. The summed E-state index contributed by atoms with van der Waals surface area (Å²) in [5.41, 5.74) is 2.74. The van der Waals surface area contributed by atoms with E-state index in [1.54, 1.807) is 0 Å². The number of fused-ring (bicyclic) bond motifs is 1. The normalized spacial score (nSPS) is 23.3. The van der Waals surface area contributed by atoms with Crippen LogP contribution in [-0.2, 0) is 0 Å². The van der Waals surface area contributed by atoms with Gasteiger partial charge in [0, 0.05) is 31.6 Å². The Morgan fingerprint density at radius 2 is 1.88 bits per heavy atom. The van der Waals surface area contributed by atoms with Crippen molar-refractivity contribution in [1.82, 2.24) is 4.90 Å². The van der Waals surface area contributed by atoms with E-state index in [9.17, 15) is 10.2 Å². The number of rotatable bonds is 3. The van der Waals surface area contributed by atoms with Gasteiger partial charge in [0.05, 0.1) is 12.2 Å². The predicted octanol–water partition coefficient (Wildman–Crippen LogP) is 3.38. The largest absolute Gasteiger partial charge is 0.487 e. The van der Waals surface area contributed by atoms with Gasteiger partial charge < -0.3 is 19.8 Å². The fourth-order valence-corrected chi connectivity index (χ4v) is 4.23. The molecule has 2 aromatic rings. The van der Waals surface area contributed by atoms with Gasteiger partial charge in [-0.05, 0) is 37.5 Å². The number of ether oxygens (including phenoxy) is 1. The van der Waals surface area contributed by atoms with Crippen LogP contribution in [0.1, 0.15) is 48.2 Å². The van der Waals surface area contributed by atoms with Gasteiger partial charge in [0.25, 0.3) is 0 Å². The van der Waals surface area contributed by atoms with E-state index in [0.717, 1.165) is 48.4 Å². The summed E-state index contributed by atoms with van der Waals surface area (Å²) >= 11 is 0. The molecule has 4 heteroatoms. The summed E-state index contributed by atoms with van der Waals surface area (Å²) in [6, 6.07) is 15.9. The molecule has 2 aromatic carbocycles. The molecule has 2 N–H and O–H groups in total. The highest BCUT2D eigenvalue weighted by atomic mass is 16.5. The van der Waals surface area contributed by atoms with Gasteiger partial charge in [-0.15, -0.1) is 0 Å². The van der Waals surface area contributed by atoms with Crippen LogP contribution in [0.15, 0.2) is 48.5 Å². The van der Waals surface area contributed by atoms with Crippen molar-refractivity contribution in [3.63, 3.8) is 0 Å². The number of hydrogen-bond acceptors (Lipinski definition) is 4. The Labute approximate surface area is 155 Å². The molecule has 26 heavy (non-hydrogen) atoms. The van der Waals surface area contributed by atoms with E-state index >= 15 is 0 Å². The van der Waals surface area contributed by atoms with E-state index in [2.05, 4.69) is 4.90 Å². The maximum Gasteiger partial charge on any atom is 0.125 e. The highest BCUT2D eigenvalue weighted by Gasteiger charge is 2.43. The van der Waals surface area contributed by atoms with Gasteiger partial charge in [0.15, 0.2) is 0 Å². The minimum atomic E-state index is -0.466. The van der Waals surface area contributed by atoms with Crippen molar-refractivity contribution >= 4 is 0 Å². The summed E-state index contributed by atoms with van der Waals surface area (Å²) in [6.07, 6.45) is 1.47. The maximum absolute atomic E-state index is 10.6. The second kappa shape index (κ2) is 7.03. The van der Waals surface area contributed by atoms with Crippen molar-refractivity contribution in [3.8, 4) is 5.75 Å². The lowest BCUT2D eigenvalue weighted by Crippen LogP contribution is -2.51. The molecule has 2 aliphatic heterocycles. The number of piperidine rings is 1. The number of aliphatic hydroxyl groups excluding tert-OH is 2. The number of aliphatic hydroxyl groups is 2. The summed E-state index contributed by atoms with van der Waals surface area (Å²) in [5, 5.41) is 21.1. The fraction of sp³-hybridized carbons (Fsp3) is 0.455. The Morgan fingerprint density at radius 3 is 2.62 bits per heavy atom. The monoisotopic (exact) mass is 353 g/mol. The zero-order chi connectivity index (χ0) is 18.1. The second-order valence-corrected chi connectivity index (χ2v) is 7.77. The molecule has 0 bridgehead atoms. The lowest BCUT2D eigenvalue weighted by molar-refractivity contribution is -0.0588. The first-order valence-corrected chi connectivity index (χ1v) is 9.48. The first kappa shape index (κ1) is 17.5. The highest BCUT2D eigenvalue weighted by Crippen LogP contribution is 2.44. The Hall–Kier alpha value is -1.88. The number of nitrogens with zero attached hydrogens (tertiary/aromatic N) is 1. The molecule has 0 aromatic heterocycles. The molecule has 1 fully saturated rings. The molecule has 4 rings (SSSR count). The third kappa shape index (κ3) is 3.50. The maximum atomic E-state index is 10.6. The van der Waals surface area contributed by atoms with Gasteiger partial charge in [-0.1, -0.05) is 42.0 Å². The van der Waals surface area contributed by atoms with E-state index in [1.807, 2.05) is 55.5 Å². The van der Waals surface area contributed by atoms with Gasteiger partial charge in [-0.25, -0.2) is 0 Å². The van der Waals surface area contributed by atoms with E-state index in [0.29, 0.717) is 13.0 Å². The fourth-order valence-electron chi connectivity index (χ4n) is 4.23. The predicted molar refractivity (Wildman–Crippen MR) is 101 cm³/mol. The molecule has 0 aliphatic carbocycles. The van der Waals surface area contributed by atoms with Crippen LogP contribution in [0.5, 0.6) is 5.75 Å². The third-order valence-electron chi connectivity index (χ3n) is 5.80. The molecule has 0 amide bonds. The third-order valence-corrected chi connectivity index (χ3v) is 5.80. The van der Waals surface area contributed by atoms with Crippen LogP contribution in [0, 0.1) is 6.92 Å². The number of benzene rings is 2. The molecule has 2 unspecified atom stereocenters. The van der Waals surface area contributed by atoms with E-state index in [1.165, 1.54) is 0 Å². The van der Waals surface area contributed by atoms with E-state index < -0.39 is 12.2 Å². The summed E-state index contributed by atoms with van der Waals surface area (Å²) in [6.45, 7) is 4.42. The van der Waals surface area contributed by atoms with Crippen molar-refractivity contribution in [1.29, 1.82) is 0 Å². The minimum Gasteiger partial charge on any atom is -0.487 e. The molecule has 4 nitrogen and oxygen atoms in total. The van der Waals surface area contributed by atoms with Crippen LogP contribution in [0.3, 0.4) is 0 Å². The molecule has 0 radical (unpaired) electrons. The van der Waals surface area contributed by atoms with Crippen molar-refractivity contribution in [2.45, 2.75) is 44.0 Å². The molecule has 2 heterocycles. The number of aryl methyl sites for hydroxylation is 1. The Bertz CT molecular complexity index is 753. The molecular weight excluding hydrogens is 326 g/mol. The molecule has 2 aliphatic rings. The lowest BCUT2D eigenvalue weighted by Gasteiger charge is -2.46. The minimum absolute atomic E-state index is 0.282. The molecular formula is C22H27NO3. The summed E-state index contributed by atoms with van der Waals surface area (Å²) in [7, 11) is 0. The Kier molecular flexibility index (Phi) is 4.74. The molecule has 2 atom stereocenters. The first-order valence-electron chi connectivity index (χ1n) is 9.48. The Morgan fingerprint density at radius 1 is 1.15 bits per heavy atom. The average molecular weight is 353 g/mol. The van der Waals surface area contributed by atoms with Gasteiger partial charge in [0.1, 0.15) is 11.4 Å². The van der Waals surface area contributed by atoms with Gasteiger partial charge in [0.2, 0.25) is 0 Å². The smallest absolute Gasteiger partial charge is 0.125 e. The van der Waals surface area contributed by atoms with E-state index in [4.69, 9.17) is 4.74 Å². The second-order valence-electron chi connectivity index (χ2n) is 7.77. The van der Waals surface area contributed by atoms with Crippen LogP contribution in [0.25, 0.3) is 0 Å². The topological polar surface area (TPSA) is 52.9 Å². The van der Waals surface area contributed by atoms with Crippen molar-refractivity contribution in [3.05, 3.63) is 65.2 Å². The van der Waals surface area contributed by atoms with Crippen LogP contribution < -0.4 is 4.74 Å². The summed E-state index contributed by atoms with van der Waals surface area (Å²) in [5.74, 6) is 0.826. The van der Waals surface area contributed by atoms with Gasteiger partial charge in [-0.2, -0.15) is 0 Å². The van der Waals surface area contributed by atoms with E-state index in [-0.39, 0.29) is 5.60 Å². The Balaban J connectivity index is 1.40. The SMILES string of the molecule is Cc1ccc2c(c1)C(O)CC1(CCN(CC(O)c3ccccc3)CC1)O2. The number of hydrogen-bond donors (Lipinski definition) is 2.